The fraction of sp³-hybridized carbons (Fsp3) is 0.400. The van der Waals surface area contributed by atoms with Gasteiger partial charge in [-0.3, -0.25) is 4.79 Å². The van der Waals surface area contributed by atoms with Crippen LogP contribution in [0.1, 0.15) is 44.2 Å². The third-order valence-corrected chi connectivity index (χ3v) is 3.40. The van der Waals surface area contributed by atoms with Crippen LogP contribution in [-0.2, 0) is 11.2 Å². The molecule has 17 heavy (non-hydrogen) atoms. The van der Waals surface area contributed by atoms with Crippen molar-refractivity contribution in [3.63, 3.8) is 0 Å². The molecule has 0 aliphatic heterocycles. The van der Waals surface area contributed by atoms with Crippen LogP contribution in [0.15, 0.2) is 23.8 Å². The fourth-order valence-electron chi connectivity index (χ4n) is 2.57. The third-order valence-electron chi connectivity index (χ3n) is 3.40. The quantitative estimate of drug-likeness (QED) is 0.755. The summed E-state index contributed by atoms with van der Waals surface area (Å²) in [7, 11) is 0. The Labute approximate surface area is 101 Å². The molecule has 0 unspecified atom stereocenters. The molecule has 1 aliphatic rings. The van der Waals surface area contributed by atoms with Crippen LogP contribution in [0.3, 0.4) is 0 Å². The highest BCUT2D eigenvalue weighted by atomic mass is 19.1. The Hall–Kier alpha value is -1.44. The molecule has 0 fully saturated rings. The average Bonchev–Trinajstić information content (AvgIpc) is 2.44. The van der Waals surface area contributed by atoms with Crippen molar-refractivity contribution in [3.05, 3.63) is 40.7 Å². The van der Waals surface area contributed by atoms with Crippen molar-refractivity contribution in [2.45, 2.75) is 39.5 Å². The van der Waals surface area contributed by atoms with Crippen molar-refractivity contribution in [1.82, 2.24) is 0 Å². The summed E-state index contributed by atoms with van der Waals surface area (Å²) in [5, 5.41) is 0. The third kappa shape index (κ3) is 2.31. The molecule has 0 N–H and O–H groups in total. The molecule has 2 heteroatoms. The first-order valence-corrected chi connectivity index (χ1v) is 6.17. The van der Waals surface area contributed by atoms with Gasteiger partial charge in [0.15, 0.2) is 0 Å². The summed E-state index contributed by atoms with van der Waals surface area (Å²) in [5.41, 5.74) is 4.24. The molecular formula is C15H17FO. The first kappa shape index (κ1) is 12.0. The smallest absolute Gasteiger partial charge is 0.141 e. The molecule has 1 aliphatic carbocycles. The van der Waals surface area contributed by atoms with E-state index in [1.807, 2.05) is 0 Å². The average molecular weight is 232 g/mol. The van der Waals surface area contributed by atoms with E-state index in [0.29, 0.717) is 12.8 Å². The molecular weight excluding hydrogens is 215 g/mol. The number of hydrogen-bond donors (Lipinski definition) is 0. The van der Waals surface area contributed by atoms with Crippen LogP contribution < -0.4 is 0 Å². The molecule has 0 radical (unpaired) electrons. The zero-order chi connectivity index (χ0) is 12.4. The van der Waals surface area contributed by atoms with Gasteiger partial charge in [0, 0.05) is 12.8 Å². The van der Waals surface area contributed by atoms with Crippen LogP contribution in [0.5, 0.6) is 0 Å². The summed E-state index contributed by atoms with van der Waals surface area (Å²) in [4.78, 5) is 11.8. The lowest BCUT2D eigenvalue weighted by Gasteiger charge is -2.12. The lowest BCUT2D eigenvalue weighted by Crippen LogP contribution is -2.02. The summed E-state index contributed by atoms with van der Waals surface area (Å²) in [6.45, 7) is 4.12. The molecule has 0 saturated heterocycles. The lowest BCUT2D eigenvalue weighted by molar-refractivity contribution is -0.117. The molecule has 1 nitrogen and oxygen atoms in total. The lowest BCUT2D eigenvalue weighted by atomic mass is 9.93. The van der Waals surface area contributed by atoms with E-state index in [0.717, 1.165) is 29.5 Å². The van der Waals surface area contributed by atoms with E-state index in [-0.39, 0.29) is 11.6 Å². The van der Waals surface area contributed by atoms with Gasteiger partial charge >= 0.3 is 0 Å². The number of Topliss-reactive ketones (excluding diaryl/α,β-unsaturated/α-hetero) is 1. The molecule has 0 spiro atoms. The number of allylic oxidation sites excluding steroid dienone is 2. The molecule has 0 bridgehead atoms. The Morgan fingerprint density at radius 1 is 1.18 bits per heavy atom. The van der Waals surface area contributed by atoms with Crippen LogP contribution in [0.2, 0.25) is 0 Å². The minimum atomic E-state index is -0.223. The molecule has 2 rings (SSSR count). The predicted octanol–water partition coefficient (Wildman–Crippen LogP) is 3.91. The normalized spacial score (nSPS) is 15.8. The Balaban J connectivity index is 2.64. The van der Waals surface area contributed by atoms with Crippen LogP contribution in [-0.4, -0.2) is 5.78 Å². The monoisotopic (exact) mass is 232 g/mol. The van der Waals surface area contributed by atoms with Gasteiger partial charge in [-0.15, -0.1) is 0 Å². The minimum Gasteiger partial charge on any atom is -0.299 e. The van der Waals surface area contributed by atoms with Crippen molar-refractivity contribution in [3.8, 4) is 0 Å². The van der Waals surface area contributed by atoms with Crippen LogP contribution in [0.4, 0.5) is 4.39 Å². The van der Waals surface area contributed by atoms with Gasteiger partial charge in [-0.25, -0.2) is 4.39 Å². The zero-order valence-corrected chi connectivity index (χ0v) is 10.3. The number of rotatable bonds is 2. The summed E-state index contributed by atoms with van der Waals surface area (Å²) in [6.07, 6.45) is 2.68. The first-order valence-electron chi connectivity index (χ1n) is 6.17. The van der Waals surface area contributed by atoms with Gasteiger partial charge in [0.25, 0.3) is 0 Å². The van der Waals surface area contributed by atoms with E-state index in [1.165, 1.54) is 11.6 Å². The van der Waals surface area contributed by atoms with Gasteiger partial charge < -0.3 is 0 Å². The number of carbonyl (C=O) groups excluding carboxylic acids is 1. The van der Waals surface area contributed by atoms with Gasteiger partial charge in [-0.1, -0.05) is 25.5 Å². The predicted molar refractivity (Wildman–Crippen MR) is 67.2 cm³/mol. The first-order chi connectivity index (χ1) is 8.15. The van der Waals surface area contributed by atoms with Crippen molar-refractivity contribution < 1.29 is 9.18 Å². The SMILES string of the molecule is CCC1=C(CC)c2cc(F)ccc2CC(=O)C1. The summed E-state index contributed by atoms with van der Waals surface area (Å²) in [6, 6.07) is 4.76. The molecule has 0 amide bonds. The van der Waals surface area contributed by atoms with Crippen molar-refractivity contribution in [2.24, 2.45) is 0 Å². The second-order valence-electron chi connectivity index (χ2n) is 4.48. The largest absolute Gasteiger partial charge is 0.299 e. The topological polar surface area (TPSA) is 17.1 Å². The maximum atomic E-state index is 13.4. The number of benzene rings is 1. The van der Waals surface area contributed by atoms with E-state index < -0.39 is 0 Å². The zero-order valence-electron chi connectivity index (χ0n) is 10.3. The van der Waals surface area contributed by atoms with Crippen LogP contribution >= 0.6 is 0 Å². The number of hydrogen-bond acceptors (Lipinski definition) is 1. The maximum absolute atomic E-state index is 13.4. The molecule has 1 aromatic carbocycles. The van der Waals surface area contributed by atoms with E-state index in [9.17, 15) is 9.18 Å². The minimum absolute atomic E-state index is 0.223. The summed E-state index contributed by atoms with van der Waals surface area (Å²) in [5.74, 6) is 0.0117. The molecule has 0 heterocycles. The molecule has 0 aromatic heterocycles. The van der Waals surface area contributed by atoms with Crippen molar-refractivity contribution in [1.29, 1.82) is 0 Å². The fourth-order valence-corrected chi connectivity index (χ4v) is 2.57. The highest BCUT2D eigenvalue weighted by Gasteiger charge is 2.19. The number of ketones is 1. The summed E-state index contributed by atoms with van der Waals surface area (Å²) < 4.78 is 13.4. The maximum Gasteiger partial charge on any atom is 0.141 e. The second-order valence-corrected chi connectivity index (χ2v) is 4.48. The van der Waals surface area contributed by atoms with Gasteiger partial charge in [0.2, 0.25) is 0 Å². The molecule has 90 valence electrons. The van der Waals surface area contributed by atoms with Gasteiger partial charge in [0.1, 0.15) is 11.6 Å². The summed E-state index contributed by atoms with van der Waals surface area (Å²) >= 11 is 0. The van der Waals surface area contributed by atoms with Crippen molar-refractivity contribution in [2.75, 3.05) is 0 Å². The van der Waals surface area contributed by atoms with E-state index in [2.05, 4.69) is 13.8 Å². The Kier molecular flexibility index (Phi) is 3.41. The van der Waals surface area contributed by atoms with Gasteiger partial charge in [-0.05, 0) is 41.7 Å². The number of halogens is 1. The van der Waals surface area contributed by atoms with Gasteiger partial charge in [-0.2, -0.15) is 0 Å². The van der Waals surface area contributed by atoms with Crippen molar-refractivity contribution >= 4 is 11.4 Å². The Morgan fingerprint density at radius 3 is 2.59 bits per heavy atom. The van der Waals surface area contributed by atoms with Gasteiger partial charge in [0.05, 0.1) is 0 Å². The van der Waals surface area contributed by atoms with E-state index in [4.69, 9.17) is 0 Å². The standard InChI is InChI=1S/C15H17FO/c1-3-10-7-13(17)8-11-5-6-12(16)9-15(11)14(10)4-2/h5-6,9H,3-4,7-8H2,1-2H3. The Bertz CT molecular complexity index is 486. The highest BCUT2D eigenvalue weighted by Crippen LogP contribution is 2.33. The molecule has 1 aromatic rings. The highest BCUT2D eigenvalue weighted by molar-refractivity contribution is 5.90. The number of fused-ring (bicyclic) bond motifs is 1. The molecule has 0 saturated carbocycles. The van der Waals surface area contributed by atoms with Crippen LogP contribution in [0, 0.1) is 5.82 Å². The van der Waals surface area contributed by atoms with E-state index in [1.54, 1.807) is 12.1 Å². The molecule has 0 atom stereocenters. The van der Waals surface area contributed by atoms with Crippen LogP contribution in [0.25, 0.3) is 5.57 Å². The van der Waals surface area contributed by atoms with E-state index >= 15 is 0 Å². The number of carbonyl (C=O) groups is 1. The second kappa shape index (κ2) is 4.82. The Morgan fingerprint density at radius 2 is 1.94 bits per heavy atom.